The lowest BCUT2D eigenvalue weighted by Crippen LogP contribution is -2.46. The lowest BCUT2D eigenvalue weighted by atomic mass is 9.57. The molecule has 4 fully saturated rings. The van der Waals surface area contributed by atoms with Crippen LogP contribution in [0.3, 0.4) is 0 Å². The van der Waals surface area contributed by atoms with Crippen molar-refractivity contribution >= 4 is 0 Å². The van der Waals surface area contributed by atoms with E-state index in [0.29, 0.717) is 18.3 Å². The van der Waals surface area contributed by atoms with Crippen molar-refractivity contribution in [2.75, 3.05) is 13.2 Å². The third-order valence-corrected chi connectivity index (χ3v) is 4.75. The molecule has 4 rings (SSSR count). The van der Waals surface area contributed by atoms with Gasteiger partial charge in [0.2, 0.25) is 0 Å². The van der Waals surface area contributed by atoms with Gasteiger partial charge in [0.15, 0.2) is 6.29 Å². The van der Waals surface area contributed by atoms with Gasteiger partial charge in [0.05, 0.1) is 19.3 Å². The van der Waals surface area contributed by atoms with Gasteiger partial charge < -0.3 is 9.47 Å². The summed E-state index contributed by atoms with van der Waals surface area (Å²) in [6.45, 7) is 1.47. The first-order valence-corrected chi connectivity index (χ1v) is 6.50. The standard InChI is InChI=1S/C13H19NO2/c14-6-5-11-9-1-3-10(4-2-9)12(11)13-15-7-8-16-13/h9-13H,1-5,7-8H2/t9?,10?,11-,12+/m1/s1. The molecule has 16 heavy (non-hydrogen) atoms. The van der Waals surface area contributed by atoms with E-state index in [4.69, 9.17) is 14.7 Å². The molecular formula is C13H19NO2. The summed E-state index contributed by atoms with van der Waals surface area (Å²) >= 11 is 0. The van der Waals surface area contributed by atoms with Crippen LogP contribution in [0.25, 0.3) is 0 Å². The molecule has 0 aromatic heterocycles. The van der Waals surface area contributed by atoms with Crippen LogP contribution in [0, 0.1) is 35.0 Å². The Morgan fingerprint density at radius 3 is 2.25 bits per heavy atom. The molecule has 4 aliphatic rings. The highest BCUT2D eigenvalue weighted by atomic mass is 16.7. The van der Waals surface area contributed by atoms with Gasteiger partial charge in [-0.1, -0.05) is 0 Å². The summed E-state index contributed by atoms with van der Waals surface area (Å²) < 4.78 is 11.4. The van der Waals surface area contributed by atoms with Gasteiger partial charge in [0.25, 0.3) is 0 Å². The van der Waals surface area contributed by atoms with Gasteiger partial charge in [0.1, 0.15) is 0 Å². The highest BCUT2D eigenvalue weighted by Gasteiger charge is 2.48. The highest BCUT2D eigenvalue weighted by molar-refractivity contribution is 4.97. The second-order valence-corrected chi connectivity index (χ2v) is 5.39. The molecule has 0 amide bonds. The largest absolute Gasteiger partial charge is 0.350 e. The van der Waals surface area contributed by atoms with Crippen molar-refractivity contribution in [3.05, 3.63) is 0 Å². The maximum atomic E-state index is 8.98. The van der Waals surface area contributed by atoms with Crippen LogP contribution in [0.1, 0.15) is 32.1 Å². The third-order valence-electron chi connectivity index (χ3n) is 4.75. The van der Waals surface area contributed by atoms with E-state index in [0.717, 1.165) is 25.0 Å². The number of nitrogens with zero attached hydrogens (tertiary/aromatic N) is 1. The molecule has 2 atom stereocenters. The zero-order valence-electron chi connectivity index (χ0n) is 9.60. The Kier molecular flexibility index (Phi) is 2.87. The fraction of sp³-hybridized carbons (Fsp3) is 0.923. The normalized spacial score (nSPS) is 43.4. The van der Waals surface area contributed by atoms with Crippen molar-refractivity contribution in [3.63, 3.8) is 0 Å². The van der Waals surface area contributed by atoms with Crippen LogP contribution in [0.5, 0.6) is 0 Å². The van der Waals surface area contributed by atoms with E-state index in [2.05, 4.69) is 6.07 Å². The van der Waals surface area contributed by atoms with Crippen molar-refractivity contribution in [1.29, 1.82) is 5.26 Å². The first kappa shape index (κ1) is 10.6. The van der Waals surface area contributed by atoms with Gasteiger partial charge in [0, 0.05) is 12.3 Å². The quantitative estimate of drug-likeness (QED) is 0.718. The second kappa shape index (κ2) is 4.35. The van der Waals surface area contributed by atoms with E-state index in [1.165, 1.54) is 25.7 Å². The zero-order valence-corrected chi connectivity index (χ0v) is 9.60. The van der Waals surface area contributed by atoms with Gasteiger partial charge in [-0.25, -0.2) is 0 Å². The van der Waals surface area contributed by atoms with Crippen LogP contribution in [0.2, 0.25) is 0 Å². The third kappa shape index (κ3) is 1.65. The smallest absolute Gasteiger partial charge is 0.161 e. The Hall–Kier alpha value is -0.590. The van der Waals surface area contributed by atoms with Crippen molar-refractivity contribution in [2.24, 2.45) is 23.7 Å². The van der Waals surface area contributed by atoms with Crippen molar-refractivity contribution in [3.8, 4) is 6.07 Å². The van der Waals surface area contributed by atoms with E-state index < -0.39 is 0 Å². The number of rotatable bonds is 2. The molecule has 0 spiro atoms. The molecule has 1 heterocycles. The lowest BCUT2D eigenvalue weighted by Gasteiger charge is -2.49. The number of fused-ring (bicyclic) bond motifs is 3. The first-order chi connectivity index (χ1) is 7.90. The monoisotopic (exact) mass is 221 g/mol. The summed E-state index contributed by atoms with van der Waals surface area (Å²) in [6, 6.07) is 2.36. The van der Waals surface area contributed by atoms with E-state index in [-0.39, 0.29) is 6.29 Å². The number of ether oxygens (including phenoxy) is 2. The maximum absolute atomic E-state index is 8.98. The minimum absolute atomic E-state index is 0.00792. The van der Waals surface area contributed by atoms with Crippen LogP contribution in [0.15, 0.2) is 0 Å². The van der Waals surface area contributed by atoms with Crippen LogP contribution in [0.4, 0.5) is 0 Å². The summed E-state index contributed by atoms with van der Waals surface area (Å²) in [5.74, 6) is 2.52. The maximum Gasteiger partial charge on any atom is 0.161 e. The summed E-state index contributed by atoms with van der Waals surface area (Å²) in [4.78, 5) is 0. The fourth-order valence-corrected chi connectivity index (χ4v) is 4.05. The van der Waals surface area contributed by atoms with Crippen LogP contribution in [-0.2, 0) is 9.47 Å². The minimum Gasteiger partial charge on any atom is -0.350 e. The zero-order chi connectivity index (χ0) is 11.0. The molecule has 88 valence electrons. The van der Waals surface area contributed by atoms with Gasteiger partial charge in [-0.3, -0.25) is 0 Å². The summed E-state index contributed by atoms with van der Waals surface area (Å²) in [6.07, 6.45) is 5.96. The van der Waals surface area contributed by atoms with Crippen molar-refractivity contribution < 1.29 is 9.47 Å². The molecule has 0 unspecified atom stereocenters. The van der Waals surface area contributed by atoms with Gasteiger partial charge >= 0.3 is 0 Å². The Morgan fingerprint density at radius 1 is 1.00 bits per heavy atom. The van der Waals surface area contributed by atoms with Gasteiger partial charge in [-0.15, -0.1) is 0 Å². The van der Waals surface area contributed by atoms with Gasteiger partial charge in [-0.05, 0) is 43.4 Å². The lowest BCUT2D eigenvalue weighted by molar-refractivity contribution is -0.152. The van der Waals surface area contributed by atoms with Crippen LogP contribution in [-0.4, -0.2) is 19.5 Å². The van der Waals surface area contributed by atoms with E-state index in [9.17, 15) is 0 Å². The molecule has 3 nitrogen and oxygen atoms in total. The average Bonchev–Trinajstić information content (AvgIpc) is 2.84. The SMILES string of the molecule is N#CC[C@@H]1C2CCC(CC2)[C@@H]1C1OCCO1. The van der Waals surface area contributed by atoms with Crippen molar-refractivity contribution in [1.82, 2.24) is 0 Å². The molecule has 1 saturated heterocycles. The number of nitriles is 1. The van der Waals surface area contributed by atoms with Crippen LogP contribution >= 0.6 is 0 Å². The van der Waals surface area contributed by atoms with E-state index in [1.807, 2.05) is 0 Å². The average molecular weight is 221 g/mol. The molecular weight excluding hydrogens is 202 g/mol. The fourth-order valence-electron chi connectivity index (χ4n) is 4.05. The van der Waals surface area contributed by atoms with Gasteiger partial charge in [-0.2, -0.15) is 5.26 Å². The molecule has 3 saturated carbocycles. The summed E-state index contributed by atoms with van der Waals surface area (Å²) in [7, 11) is 0. The topological polar surface area (TPSA) is 42.2 Å². The molecule has 0 radical (unpaired) electrons. The Bertz CT molecular complexity index is 283. The van der Waals surface area contributed by atoms with Crippen LogP contribution < -0.4 is 0 Å². The molecule has 0 N–H and O–H groups in total. The molecule has 0 aromatic carbocycles. The molecule has 0 aromatic rings. The highest BCUT2D eigenvalue weighted by Crippen LogP contribution is 2.52. The number of hydrogen-bond acceptors (Lipinski definition) is 3. The molecule has 1 aliphatic heterocycles. The summed E-state index contributed by atoms with van der Waals surface area (Å²) in [5, 5.41) is 8.98. The Balaban J connectivity index is 1.79. The number of hydrogen-bond donors (Lipinski definition) is 0. The Morgan fingerprint density at radius 2 is 1.62 bits per heavy atom. The van der Waals surface area contributed by atoms with E-state index >= 15 is 0 Å². The molecule has 3 aliphatic carbocycles. The summed E-state index contributed by atoms with van der Waals surface area (Å²) in [5.41, 5.74) is 0. The minimum atomic E-state index is -0.00792. The van der Waals surface area contributed by atoms with E-state index in [1.54, 1.807) is 0 Å². The second-order valence-electron chi connectivity index (χ2n) is 5.39. The first-order valence-electron chi connectivity index (χ1n) is 6.50. The predicted octanol–water partition coefficient (Wildman–Crippen LogP) is 2.33. The van der Waals surface area contributed by atoms with Crippen molar-refractivity contribution in [2.45, 2.75) is 38.4 Å². The Labute approximate surface area is 96.7 Å². The molecule has 2 bridgehead atoms. The molecule has 3 heteroatoms. The predicted molar refractivity (Wildman–Crippen MR) is 58.4 cm³/mol.